The van der Waals surface area contributed by atoms with Gasteiger partial charge in [0.25, 0.3) is 5.91 Å². The number of nitrogens with two attached hydrogens (primary N) is 2. The summed E-state index contributed by atoms with van der Waals surface area (Å²) in [5.74, 6) is -1.52. The molecular formula is C26H28N6O4. The average Bonchev–Trinajstić information content (AvgIpc) is 3.42. The van der Waals surface area contributed by atoms with Gasteiger partial charge in [-0.15, -0.1) is 0 Å². The lowest BCUT2D eigenvalue weighted by Crippen LogP contribution is -2.21. The van der Waals surface area contributed by atoms with Gasteiger partial charge in [-0.2, -0.15) is 0 Å². The number of aryl methyl sites for hydroxylation is 2. The van der Waals surface area contributed by atoms with E-state index in [0.29, 0.717) is 17.8 Å². The number of carboxylic acid groups (broad SMARTS) is 1. The number of nitrogens with zero attached hydrogens (tertiary/aromatic N) is 2. The van der Waals surface area contributed by atoms with Crippen LogP contribution in [0.25, 0.3) is 5.82 Å². The number of anilines is 2. The first-order valence-electron chi connectivity index (χ1n) is 11.2. The number of aromatic carboxylic acids is 1. The van der Waals surface area contributed by atoms with Gasteiger partial charge in [0.2, 0.25) is 0 Å². The third-order valence-electron chi connectivity index (χ3n) is 5.51. The second-order valence-corrected chi connectivity index (χ2v) is 7.97. The van der Waals surface area contributed by atoms with Gasteiger partial charge in [-0.3, -0.25) is 14.2 Å². The lowest BCUT2D eigenvalue weighted by molar-refractivity contribution is -0.112. The first kappa shape index (κ1) is 25.8. The number of aldehydes is 1. The Hall–Kier alpha value is -4.86. The number of rotatable bonds is 11. The van der Waals surface area contributed by atoms with E-state index in [1.165, 1.54) is 24.5 Å². The van der Waals surface area contributed by atoms with Crippen LogP contribution in [0.15, 0.2) is 73.0 Å². The number of carboxylic acids is 1. The molecule has 1 aromatic heterocycles. The molecule has 0 aliphatic rings. The van der Waals surface area contributed by atoms with Crippen LogP contribution in [0, 0.1) is 0 Å². The molecule has 0 unspecified atom stereocenters. The third kappa shape index (κ3) is 6.60. The van der Waals surface area contributed by atoms with Crippen LogP contribution in [0.4, 0.5) is 11.4 Å². The van der Waals surface area contributed by atoms with Gasteiger partial charge < -0.3 is 27.2 Å². The van der Waals surface area contributed by atoms with Gasteiger partial charge in [-0.05, 0) is 66.8 Å². The minimum atomic E-state index is -1.17. The van der Waals surface area contributed by atoms with E-state index in [0.717, 1.165) is 35.9 Å². The molecule has 10 heteroatoms. The Morgan fingerprint density at radius 2 is 1.75 bits per heavy atom. The molecule has 0 bridgehead atoms. The second kappa shape index (κ2) is 12.0. The Balaban J connectivity index is 1.69. The van der Waals surface area contributed by atoms with Crippen molar-refractivity contribution in [2.45, 2.75) is 19.3 Å². The highest BCUT2D eigenvalue weighted by Crippen LogP contribution is 2.21. The molecule has 1 amide bonds. The van der Waals surface area contributed by atoms with Crippen molar-refractivity contribution < 1.29 is 19.5 Å². The van der Waals surface area contributed by atoms with Gasteiger partial charge in [0.1, 0.15) is 12.1 Å². The quantitative estimate of drug-likeness (QED) is 0.156. The Morgan fingerprint density at radius 3 is 2.36 bits per heavy atom. The number of hydrogen-bond donors (Lipinski definition) is 5. The maximum atomic E-state index is 12.6. The van der Waals surface area contributed by atoms with Crippen molar-refractivity contribution in [3.63, 3.8) is 0 Å². The lowest BCUT2D eigenvalue weighted by Gasteiger charge is -2.12. The number of carbonyl (C=O) groups is 3. The van der Waals surface area contributed by atoms with Crippen molar-refractivity contribution in [3.8, 4) is 0 Å². The molecule has 0 aliphatic heterocycles. The number of allylic oxidation sites excluding steroid dienone is 2. The van der Waals surface area contributed by atoms with E-state index in [2.05, 4.69) is 15.6 Å². The van der Waals surface area contributed by atoms with Crippen LogP contribution in [-0.4, -0.2) is 39.9 Å². The van der Waals surface area contributed by atoms with Gasteiger partial charge in [-0.1, -0.05) is 12.1 Å². The molecule has 7 N–H and O–H groups in total. The number of benzene rings is 2. The maximum Gasteiger partial charge on any atom is 0.337 e. The van der Waals surface area contributed by atoms with Crippen molar-refractivity contribution in [1.82, 2.24) is 9.55 Å². The van der Waals surface area contributed by atoms with Crippen LogP contribution < -0.4 is 22.1 Å². The smallest absolute Gasteiger partial charge is 0.337 e. The molecule has 36 heavy (non-hydrogen) atoms. The normalized spacial score (nSPS) is 11.7. The third-order valence-corrected chi connectivity index (χ3v) is 5.51. The molecule has 3 aromatic rings. The fourth-order valence-electron chi connectivity index (χ4n) is 3.55. The Labute approximate surface area is 208 Å². The zero-order chi connectivity index (χ0) is 26.1. The molecule has 0 saturated heterocycles. The minimum Gasteiger partial charge on any atom is -0.478 e. The van der Waals surface area contributed by atoms with Gasteiger partial charge >= 0.3 is 5.97 Å². The zero-order valence-electron chi connectivity index (χ0n) is 19.8. The molecular weight excluding hydrogens is 460 g/mol. The van der Waals surface area contributed by atoms with Crippen LogP contribution >= 0.6 is 0 Å². The Kier molecular flexibility index (Phi) is 8.60. The standard InChI is InChI=1S/C26H28N6O4/c1-29-22-13-17(5-7-19(22)15-33)3-2-4-18-6-8-20(26(35)36)23(14-18)31-25(34)21(27)9-10-24(28)32-12-11-30-16-32/h5-16,29H,2-4,27-28H2,1H3,(H,31,34)(H,35,36)/b21-9-,24-10+. The fraction of sp³-hybridized carbons (Fsp3) is 0.154. The second-order valence-electron chi connectivity index (χ2n) is 7.97. The summed E-state index contributed by atoms with van der Waals surface area (Å²) in [4.78, 5) is 39.3. The summed E-state index contributed by atoms with van der Waals surface area (Å²) in [6, 6.07) is 10.4. The highest BCUT2D eigenvalue weighted by molar-refractivity contribution is 6.07. The Morgan fingerprint density at radius 1 is 1.06 bits per heavy atom. The van der Waals surface area contributed by atoms with E-state index in [9.17, 15) is 19.5 Å². The van der Waals surface area contributed by atoms with Crippen molar-refractivity contribution >= 4 is 35.4 Å². The van der Waals surface area contributed by atoms with Crippen LogP contribution in [0.3, 0.4) is 0 Å². The number of aromatic nitrogens is 2. The van der Waals surface area contributed by atoms with E-state index >= 15 is 0 Å². The van der Waals surface area contributed by atoms with E-state index in [1.807, 2.05) is 12.1 Å². The molecule has 0 spiro atoms. The predicted octanol–water partition coefficient (Wildman–Crippen LogP) is 2.85. The minimum absolute atomic E-state index is 0.0449. The van der Waals surface area contributed by atoms with Crippen LogP contribution in [-0.2, 0) is 17.6 Å². The lowest BCUT2D eigenvalue weighted by atomic mass is 10.0. The molecule has 10 nitrogen and oxygen atoms in total. The summed E-state index contributed by atoms with van der Waals surface area (Å²) in [6.07, 6.45) is 10.5. The van der Waals surface area contributed by atoms with Crippen molar-refractivity contribution in [2.75, 3.05) is 17.7 Å². The van der Waals surface area contributed by atoms with Gasteiger partial charge in [-0.25, -0.2) is 9.78 Å². The summed E-state index contributed by atoms with van der Waals surface area (Å²) in [5, 5.41) is 15.1. The van der Waals surface area contributed by atoms with E-state index in [4.69, 9.17) is 11.5 Å². The zero-order valence-corrected chi connectivity index (χ0v) is 19.8. The summed E-state index contributed by atoms with van der Waals surface area (Å²) >= 11 is 0. The molecule has 1 heterocycles. The molecule has 0 fully saturated rings. The van der Waals surface area contributed by atoms with Gasteiger partial charge in [0.05, 0.1) is 16.9 Å². The summed E-state index contributed by atoms with van der Waals surface area (Å²) in [5.41, 5.74) is 15.0. The number of nitrogens with one attached hydrogen (secondary N) is 2. The van der Waals surface area contributed by atoms with E-state index in [1.54, 1.807) is 42.2 Å². The molecule has 0 atom stereocenters. The predicted molar refractivity (Wildman–Crippen MR) is 138 cm³/mol. The first-order chi connectivity index (χ1) is 17.3. The summed E-state index contributed by atoms with van der Waals surface area (Å²) < 4.78 is 1.55. The fourth-order valence-corrected chi connectivity index (χ4v) is 3.55. The van der Waals surface area contributed by atoms with E-state index < -0.39 is 11.9 Å². The highest BCUT2D eigenvalue weighted by atomic mass is 16.4. The number of carbonyl (C=O) groups excluding carboxylic acids is 2. The number of imidazole rings is 1. The molecule has 3 rings (SSSR count). The molecule has 0 aliphatic carbocycles. The van der Waals surface area contributed by atoms with E-state index in [-0.39, 0.29) is 16.9 Å². The highest BCUT2D eigenvalue weighted by Gasteiger charge is 2.15. The SMILES string of the molecule is CNc1cc(CCCc2ccc(C(=O)O)c(NC(=O)/C(N)=C/C=C(\N)n3ccnc3)c2)ccc1C=O. The first-order valence-corrected chi connectivity index (χ1v) is 11.2. The molecule has 186 valence electrons. The van der Waals surface area contributed by atoms with Crippen LogP contribution in [0.2, 0.25) is 0 Å². The maximum absolute atomic E-state index is 12.6. The van der Waals surface area contributed by atoms with Gasteiger partial charge in [0.15, 0.2) is 6.29 Å². The van der Waals surface area contributed by atoms with Gasteiger partial charge in [0, 0.05) is 30.7 Å². The largest absolute Gasteiger partial charge is 0.478 e. The Bertz CT molecular complexity index is 1310. The summed E-state index contributed by atoms with van der Waals surface area (Å²) in [7, 11) is 1.76. The monoisotopic (exact) mass is 488 g/mol. The van der Waals surface area contributed by atoms with Crippen molar-refractivity contribution in [2.24, 2.45) is 11.5 Å². The molecule has 2 aromatic carbocycles. The molecule has 0 radical (unpaired) electrons. The van der Waals surface area contributed by atoms with Crippen molar-refractivity contribution in [3.05, 3.63) is 95.2 Å². The molecule has 0 saturated carbocycles. The number of hydrogen-bond acceptors (Lipinski definition) is 7. The van der Waals surface area contributed by atoms with Crippen molar-refractivity contribution in [1.29, 1.82) is 0 Å². The summed E-state index contributed by atoms with van der Waals surface area (Å²) in [6.45, 7) is 0. The van der Waals surface area contributed by atoms with Crippen LogP contribution in [0.1, 0.15) is 38.3 Å². The number of amides is 1. The van der Waals surface area contributed by atoms with Crippen LogP contribution in [0.5, 0.6) is 0 Å². The topological polar surface area (TPSA) is 165 Å². The average molecular weight is 489 g/mol.